The minimum atomic E-state index is -0.490. The average Bonchev–Trinajstić information content (AvgIpc) is 3.07. The largest absolute Gasteiger partial charge is 0.444 e. The topological polar surface area (TPSA) is 82.2 Å². The van der Waals surface area contributed by atoms with Gasteiger partial charge in [-0.15, -0.1) is 0 Å². The zero-order chi connectivity index (χ0) is 22.3. The Labute approximate surface area is 183 Å². The Hall–Kier alpha value is -2.77. The van der Waals surface area contributed by atoms with E-state index in [1.807, 2.05) is 26.8 Å². The third-order valence-corrected chi connectivity index (χ3v) is 6.16. The number of imide groups is 1. The fourth-order valence-electron chi connectivity index (χ4n) is 4.72. The Morgan fingerprint density at radius 2 is 1.90 bits per heavy atom. The van der Waals surface area contributed by atoms with Crippen LogP contribution in [-0.2, 0) is 20.7 Å². The van der Waals surface area contributed by atoms with E-state index in [1.165, 1.54) is 11.3 Å². The minimum Gasteiger partial charge on any atom is -0.444 e. The third kappa shape index (κ3) is 4.48. The van der Waals surface area contributed by atoms with Gasteiger partial charge in [-0.05, 0) is 45.7 Å². The molecule has 1 atom stereocenters. The number of amides is 3. The van der Waals surface area contributed by atoms with E-state index in [1.54, 1.807) is 11.9 Å². The van der Waals surface area contributed by atoms with Crippen molar-refractivity contribution in [1.29, 1.82) is 0 Å². The normalized spacial score (nSPS) is 21.5. The maximum absolute atomic E-state index is 12.3. The number of nitrogens with one attached hydrogen (secondary N) is 1. The van der Waals surface area contributed by atoms with Gasteiger partial charge in [-0.25, -0.2) is 4.79 Å². The quantitative estimate of drug-likeness (QED) is 0.740. The van der Waals surface area contributed by atoms with E-state index in [0.29, 0.717) is 25.3 Å². The molecule has 0 radical (unpaired) electrons. The van der Waals surface area contributed by atoms with Gasteiger partial charge >= 0.3 is 6.09 Å². The predicted octanol–water partition coefficient (Wildman–Crippen LogP) is 2.16. The van der Waals surface area contributed by atoms with Crippen molar-refractivity contribution in [2.24, 2.45) is 5.92 Å². The molecule has 1 N–H and O–H groups in total. The van der Waals surface area contributed by atoms with Gasteiger partial charge in [0, 0.05) is 62.5 Å². The number of nitrogens with zero attached hydrogens (tertiary/aromatic N) is 3. The molecule has 0 saturated carbocycles. The SMILES string of the molecule is CN(CC1CN(c2cccc3c2CCN3[C@H]2CCC(=O)NC2=O)C1)C(=O)OC(C)(C)C. The van der Waals surface area contributed by atoms with E-state index in [-0.39, 0.29) is 23.9 Å². The van der Waals surface area contributed by atoms with Crippen LogP contribution in [0.4, 0.5) is 16.2 Å². The Bertz CT molecular complexity index is 888. The Balaban J connectivity index is 1.38. The highest BCUT2D eigenvalue weighted by Crippen LogP contribution is 2.39. The molecule has 8 nitrogen and oxygen atoms in total. The van der Waals surface area contributed by atoms with Crippen molar-refractivity contribution in [3.63, 3.8) is 0 Å². The van der Waals surface area contributed by atoms with Crippen LogP contribution in [0.2, 0.25) is 0 Å². The molecule has 0 spiro atoms. The number of ether oxygens (including phenoxy) is 1. The molecule has 2 saturated heterocycles. The highest BCUT2D eigenvalue weighted by Gasteiger charge is 2.37. The summed E-state index contributed by atoms with van der Waals surface area (Å²) in [5.41, 5.74) is 3.09. The van der Waals surface area contributed by atoms with Crippen molar-refractivity contribution in [3.8, 4) is 0 Å². The fourth-order valence-corrected chi connectivity index (χ4v) is 4.72. The number of anilines is 2. The number of benzene rings is 1. The first-order valence-corrected chi connectivity index (χ1v) is 11.0. The van der Waals surface area contributed by atoms with Gasteiger partial charge < -0.3 is 19.4 Å². The smallest absolute Gasteiger partial charge is 0.410 e. The lowest BCUT2D eigenvalue weighted by Gasteiger charge is -2.43. The first kappa shape index (κ1) is 21.5. The molecule has 1 aromatic carbocycles. The van der Waals surface area contributed by atoms with Gasteiger partial charge in [-0.2, -0.15) is 0 Å². The van der Waals surface area contributed by atoms with Gasteiger partial charge in [0.05, 0.1) is 0 Å². The summed E-state index contributed by atoms with van der Waals surface area (Å²) < 4.78 is 5.44. The van der Waals surface area contributed by atoms with Crippen molar-refractivity contribution < 1.29 is 19.1 Å². The molecule has 8 heteroatoms. The number of hydrogen-bond donors (Lipinski definition) is 1. The van der Waals surface area contributed by atoms with E-state index in [9.17, 15) is 14.4 Å². The molecule has 4 rings (SSSR count). The molecule has 0 unspecified atom stereocenters. The van der Waals surface area contributed by atoms with E-state index in [0.717, 1.165) is 31.7 Å². The van der Waals surface area contributed by atoms with Gasteiger partial charge in [-0.1, -0.05) is 6.07 Å². The molecule has 168 valence electrons. The van der Waals surface area contributed by atoms with Crippen molar-refractivity contribution in [2.45, 2.75) is 51.7 Å². The molecule has 0 bridgehead atoms. The summed E-state index contributed by atoms with van der Waals surface area (Å²) in [5.74, 6) is 0.0297. The molecule has 2 fully saturated rings. The Kier molecular flexibility index (Phi) is 5.58. The van der Waals surface area contributed by atoms with Crippen LogP contribution in [0.5, 0.6) is 0 Å². The number of hydrogen-bond acceptors (Lipinski definition) is 6. The number of carbonyl (C=O) groups is 3. The summed E-state index contributed by atoms with van der Waals surface area (Å²) in [6, 6.07) is 5.98. The van der Waals surface area contributed by atoms with Crippen molar-refractivity contribution in [1.82, 2.24) is 10.2 Å². The highest BCUT2D eigenvalue weighted by atomic mass is 16.6. The van der Waals surface area contributed by atoms with Crippen LogP contribution in [-0.4, -0.2) is 67.7 Å². The third-order valence-electron chi connectivity index (χ3n) is 6.16. The van der Waals surface area contributed by atoms with Crippen LogP contribution < -0.4 is 15.1 Å². The maximum Gasteiger partial charge on any atom is 0.410 e. The van der Waals surface area contributed by atoms with Gasteiger partial charge in [0.15, 0.2) is 0 Å². The number of rotatable bonds is 4. The second kappa shape index (κ2) is 8.05. The standard InChI is InChI=1S/C23H32N4O4/c1-23(2,3)31-22(30)25(4)12-15-13-26(14-15)17-6-5-7-18-16(17)10-11-27(18)19-8-9-20(28)24-21(19)29/h5-7,15,19H,8-14H2,1-4H3,(H,24,28,29)/t19-/m0/s1. The molecular formula is C23H32N4O4. The fraction of sp³-hybridized carbons (Fsp3) is 0.609. The molecule has 3 aliphatic rings. The van der Waals surface area contributed by atoms with Crippen molar-refractivity contribution >= 4 is 29.3 Å². The van der Waals surface area contributed by atoms with E-state index < -0.39 is 5.60 Å². The molecular weight excluding hydrogens is 396 g/mol. The zero-order valence-corrected chi connectivity index (χ0v) is 18.8. The molecule has 3 heterocycles. The van der Waals surface area contributed by atoms with Gasteiger partial charge in [-0.3, -0.25) is 14.9 Å². The molecule has 3 amide bonds. The summed E-state index contributed by atoms with van der Waals surface area (Å²) in [4.78, 5) is 42.2. The highest BCUT2D eigenvalue weighted by molar-refractivity contribution is 6.02. The molecule has 3 aliphatic heterocycles. The lowest BCUT2D eigenvalue weighted by atomic mass is 9.96. The summed E-state index contributed by atoms with van der Waals surface area (Å²) in [6.45, 7) is 8.86. The van der Waals surface area contributed by atoms with Crippen LogP contribution >= 0.6 is 0 Å². The Morgan fingerprint density at radius 3 is 2.58 bits per heavy atom. The lowest BCUT2D eigenvalue weighted by molar-refractivity contribution is -0.134. The number of piperidine rings is 1. The monoisotopic (exact) mass is 428 g/mol. The lowest BCUT2D eigenvalue weighted by Crippen LogP contribution is -2.52. The van der Waals surface area contributed by atoms with Crippen molar-refractivity contribution in [2.75, 3.05) is 43.0 Å². The maximum atomic E-state index is 12.3. The van der Waals surface area contributed by atoms with E-state index >= 15 is 0 Å². The molecule has 1 aromatic rings. The van der Waals surface area contributed by atoms with Gasteiger partial charge in [0.2, 0.25) is 11.8 Å². The van der Waals surface area contributed by atoms with Gasteiger partial charge in [0.25, 0.3) is 0 Å². The minimum absolute atomic E-state index is 0.183. The average molecular weight is 429 g/mol. The molecule has 0 aromatic heterocycles. The van der Waals surface area contributed by atoms with Crippen molar-refractivity contribution in [3.05, 3.63) is 23.8 Å². The summed E-state index contributed by atoms with van der Waals surface area (Å²) in [6.07, 6.45) is 1.56. The van der Waals surface area contributed by atoms with Crippen LogP contribution in [0.1, 0.15) is 39.2 Å². The second-order valence-electron chi connectivity index (χ2n) is 9.82. The molecule has 0 aliphatic carbocycles. The first-order chi connectivity index (χ1) is 14.6. The summed E-state index contributed by atoms with van der Waals surface area (Å²) in [5, 5.41) is 2.47. The molecule has 31 heavy (non-hydrogen) atoms. The first-order valence-electron chi connectivity index (χ1n) is 11.0. The van der Waals surface area contributed by atoms with Crippen LogP contribution in [0.3, 0.4) is 0 Å². The summed E-state index contributed by atoms with van der Waals surface area (Å²) in [7, 11) is 1.79. The summed E-state index contributed by atoms with van der Waals surface area (Å²) >= 11 is 0. The number of fused-ring (bicyclic) bond motifs is 1. The van der Waals surface area contributed by atoms with Crippen LogP contribution in [0.15, 0.2) is 18.2 Å². The van der Waals surface area contributed by atoms with E-state index in [4.69, 9.17) is 4.74 Å². The predicted molar refractivity (Wildman–Crippen MR) is 118 cm³/mol. The Morgan fingerprint density at radius 1 is 1.19 bits per heavy atom. The number of carbonyl (C=O) groups excluding carboxylic acids is 3. The van der Waals surface area contributed by atoms with Gasteiger partial charge in [0.1, 0.15) is 11.6 Å². The second-order valence-corrected chi connectivity index (χ2v) is 9.82. The van der Waals surface area contributed by atoms with Crippen LogP contribution in [0, 0.1) is 5.92 Å². The van der Waals surface area contributed by atoms with Crippen LogP contribution in [0.25, 0.3) is 0 Å². The van der Waals surface area contributed by atoms with E-state index in [2.05, 4.69) is 27.2 Å². The zero-order valence-electron chi connectivity index (χ0n) is 18.8.